The van der Waals surface area contributed by atoms with Crippen LogP contribution in [0.1, 0.15) is 40.2 Å². The number of amides is 2. The largest absolute Gasteiger partial charge is 0.457 e. The van der Waals surface area contributed by atoms with Crippen LogP contribution in [-0.4, -0.2) is 45.9 Å². The molecule has 0 radical (unpaired) electrons. The molecule has 2 aromatic carbocycles. The lowest BCUT2D eigenvalue weighted by Gasteiger charge is -2.41. The van der Waals surface area contributed by atoms with Gasteiger partial charge in [0.05, 0.1) is 17.4 Å². The number of carbonyl (C=O) groups excluding carboxylic acids is 2. The van der Waals surface area contributed by atoms with Crippen LogP contribution in [-0.2, 0) is 24.7 Å². The number of fused-ring (bicyclic) bond motifs is 4. The van der Waals surface area contributed by atoms with Crippen molar-refractivity contribution in [1.82, 2.24) is 19.8 Å². The minimum atomic E-state index is -0.566. The van der Waals surface area contributed by atoms with Crippen LogP contribution in [0.4, 0.5) is 0 Å². The van der Waals surface area contributed by atoms with Gasteiger partial charge in [0.15, 0.2) is 0 Å². The van der Waals surface area contributed by atoms with Crippen molar-refractivity contribution in [2.75, 3.05) is 19.6 Å². The van der Waals surface area contributed by atoms with E-state index in [1.807, 2.05) is 55.3 Å². The Bertz CT molecular complexity index is 1200. The number of hydrogen-bond donors (Lipinski definition) is 1. The number of nitrogens with one attached hydrogen (secondary N) is 1. The Morgan fingerprint density at radius 1 is 1.06 bits per heavy atom. The van der Waals surface area contributed by atoms with Gasteiger partial charge in [0.1, 0.15) is 17.2 Å². The zero-order chi connectivity index (χ0) is 23.7. The molecule has 7 heteroatoms. The molecule has 0 unspecified atom stereocenters. The summed E-state index contributed by atoms with van der Waals surface area (Å²) in [7, 11) is 1.84. The Morgan fingerprint density at radius 2 is 1.74 bits per heavy atom. The molecule has 0 atom stereocenters. The standard InChI is InChI=1S/C27H30N4O3/c1-19-24(30(2)18-29-19)25(32)31-13-10-27(11-14-31)17-21-6-4-8-23(16-21)34-22-7-3-5-20(15-22)9-12-28-26(27)33/h3-8,15-16,18H,9-14,17H2,1-2H3,(H,28,33). The number of carbonyl (C=O) groups is 2. The van der Waals surface area contributed by atoms with Crippen molar-refractivity contribution in [2.45, 2.75) is 32.6 Å². The maximum absolute atomic E-state index is 13.6. The first kappa shape index (κ1) is 22.2. The summed E-state index contributed by atoms with van der Waals surface area (Å²) in [6, 6.07) is 16.0. The van der Waals surface area contributed by atoms with Crippen LogP contribution >= 0.6 is 0 Å². The molecule has 1 fully saturated rings. The molecule has 34 heavy (non-hydrogen) atoms. The first-order valence-corrected chi connectivity index (χ1v) is 11.8. The van der Waals surface area contributed by atoms with E-state index >= 15 is 0 Å². The summed E-state index contributed by atoms with van der Waals surface area (Å²) in [5.74, 6) is 1.61. The fourth-order valence-corrected chi connectivity index (χ4v) is 5.14. The zero-order valence-electron chi connectivity index (χ0n) is 19.7. The average molecular weight is 459 g/mol. The SMILES string of the molecule is Cc1ncn(C)c1C(=O)N1CCC2(CC1)Cc1cccc(c1)Oc1cccc(c1)CCNC2=O. The molecule has 1 N–H and O–H groups in total. The smallest absolute Gasteiger partial charge is 0.272 e. The van der Waals surface area contributed by atoms with Crippen LogP contribution in [0.15, 0.2) is 54.9 Å². The highest BCUT2D eigenvalue weighted by molar-refractivity contribution is 5.94. The summed E-state index contributed by atoms with van der Waals surface area (Å²) >= 11 is 0. The van der Waals surface area contributed by atoms with Crippen LogP contribution in [0.3, 0.4) is 0 Å². The Kier molecular flexibility index (Phi) is 5.86. The first-order valence-electron chi connectivity index (χ1n) is 11.8. The number of likely N-dealkylation sites (tertiary alicyclic amines) is 1. The van der Waals surface area contributed by atoms with Gasteiger partial charge in [-0.2, -0.15) is 0 Å². The average Bonchev–Trinajstić information content (AvgIpc) is 3.17. The number of rotatable bonds is 1. The fraction of sp³-hybridized carbons (Fsp3) is 0.370. The van der Waals surface area contributed by atoms with E-state index in [1.165, 1.54) is 0 Å². The van der Waals surface area contributed by atoms with Crippen molar-refractivity contribution in [1.29, 1.82) is 0 Å². The van der Waals surface area contributed by atoms with Crippen molar-refractivity contribution < 1.29 is 14.3 Å². The van der Waals surface area contributed by atoms with E-state index < -0.39 is 5.41 Å². The number of aromatic nitrogens is 2. The second kappa shape index (κ2) is 8.97. The number of hydrogen-bond acceptors (Lipinski definition) is 4. The van der Waals surface area contributed by atoms with Crippen molar-refractivity contribution in [2.24, 2.45) is 12.5 Å². The highest BCUT2D eigenvalue weighted by atomic mass is 16.5. The minimum Gasteiger partial charge on any atom is -0.457 e. The number of nitrogens with zero attached hydrogens (tertiary/aromatic N) is 3. The Balaban J connectivity index is 1.40. The van der Waals surface area contributed by atoms with Crippen molar-refractivity contribution >= 4 is 11.8 Å². The van der Waals surface area contributed by atoms with Crippen LogP contribution in [0.5, 0.6) is 11.5 Å². The molecule has 1 aromatic heterocycles. The number of benzene rings is 2. The number of ether oxygens (including phenoxy) is 1. The van der Waals surface area contributed by atoms with Gasteiger partial charge in [-0.05, 0) is 68.0 Å². The van der Waals surface area contributed by atoms with Gasteiger partial charge >= 0.3 is 0 Å². The van der Waals surface area contributed by atoms with Crippen molar-refractivity contribution in [3.8, 4) is 11.5 Å². The summed E-state index contributed by atoms with van der Waals surface area (Å²) in [6.45, 7) is 3.49. The molecule has 176 valence electrons. The normalized spacial score (nSPS) is 17.7. The topological polar surface area (TPSA) is 76.5 Å². The third-order valence-electron chi connectivity index (χ3n) is 7.09. The van der Waals surface area contributed by atoms with E-state index in [4.69, 9.17) is 4.74 Å². The summed E-state index contributed by atoms with van der Waals surface area (Å²) in [6.07, 6.45) is 4.24. The molecule has 4 bridgehead atoms. The summed E-state index contributed by atoms with van der Waals surface area (Å²) in [5, 5.41) is 3.19. The van der Waals surface area contributed by atoms with Gasteiger partial charge < -0.3 is 19.5 Å². The van der Waals surface area contributed by atoms with Crippen LogP contribution in [0.25, 0.3) is 0 Å². The summed E-state index contributed by atoms with van der Waals surface area (Å²) < 4.78 is 7.89. The summed E-state index contributed by atoms with van der Waals surface area (Å²) in [4.78, 5) is 32.9. The van der Waals surface area contributed by atoms with Gasteiger partial charge in [-0.15, -0.1) is 0 Å². The second-order valence-electron chi connectivity index (χ2n) is 9.44. The molecule has 1 saturated heterocycles. The number of aryl methyl sites for hydroxylation is 2. The van der Waals surface area contributed by atoms with Gasteiger partial charge in [0, 0.05) is 26.7 Å². The van der Waals surface area contributed by atoms with E-state index in [-0.39, 0.29) is 11.8 Å². The third kappa shape index (κ3) is 4.30. The number of piperidine rings is 1. The van der Waals surface area contributed by atoms with Gasteiger partial charge in [-0.1, -0.05) is 24.3 Å². The van der Waals surface area contributed by atoms with Crippen molar-refractivity contribution in [3.63, 3.8) is 0 Å². The lowest BCUT2D eigenvalue weighted by molar-refractivity contribution is -0.133. The molecule has 7 nitrogen and oxygen atoms in total. The monoisotopic (exact) mass is 458 g/mol. The van der Waals surface area contributed by atoms with E-state index in [2.05, 4.69) is 22.4 Å². The molecule has 0 saturated carbocycles. The van der Waals surface area contributed by atoms with Crippen LogP contribution in [0, 0.1) is 12.3 Å². The minimum absolute atomic E-state index is 0.0212. The van der Waals surface area contributed by atoms with E-state index in [0.717, 1.165) is 34.7 Å². The zero-order valence-corrected chi connectivity index (χ0v) is 19.7. The Hall–Kier alpha value is -3.61. The number of imidazole rings is 1. The quantitative estimate of drug-likeness (QED) is 0.604. The summed E-state index contributed by atoms with van der Waals surface area (Å²) in [5.41, 5.74) is 2.96. The second-order valence-corrected chi connectivity index (χ2v) is 9.44. The van der Waals surface area contributed by atoms with Gasteiger partial charge in [0.25, 0.3) is 5.91 Å². The molecule has 2 aliphatic heterocycles. The van der Waals surface area contributed by atoms with Crippen LogP contribution in [0.2, 0.25) is 0 Å². The lowest BCUT2D eigenvalue weighted by atomic mass is 9.72. The molecule has 5 rings (SSSR count). The molecule has 2 amide bonds. The Morgan fingerprint density at radius 3 is 2.41 bits per heavy atom. The van der Waals surface area contributed by atoms with Gasteiger partial charge in [-0.25, -0.2) is 4.98 Å². The van der Waals surface area contributed by atoms with Crippen LogP contribution < -0.4 is 10.1 Å². The third-order valence-corrected chi connectivity index (χ3v) is 7.09. The predicted octanol–water partition coefficient (Wildman–Crippen LogP) is 3.66. The molecule has 2 aliphatic rings. The first-order chi connectivity index (χ1) is 16.4. The van der Waals surface area contributed by atoms with Crippen molar-refractivity contribution in [3.05, 3.63) is 77.4 Å². The molecular weight excluding hydrogens is 428 g/mol. The molecule has 3 aromatic rings. The maximum atomic E-state index is 13.6. The maximum Gasteiger partial charge on any atom is 0.272 e. The van der Waals surface area contributed by atoms with E-state index in [0.29, 0.717) is 44.6 Å². The van der Waals surface area contributed by atoms with Gasteiger partial charge in [-0.3, -0.25) is 9.59 Å². The predicted molar refractivity (Wildman–Crippen MR) is 129 cm³/mol. The van der Waals surface area contributed by atoms with Gasteiger partial charge in [0.2, 0.25) is 5.91 Å². The molecule has 0 aliphatic carbocycles. The Labute approximate surface area is 199 Å². The highest BCUT2D eigenvalue weighted by Crippen LogP contribution is 2.37. The van der Waals surface area contributed by atoms with E-state index in [1.54, 1.807) is 10.9 Å². The molecular formula is C27H30N4O3. The molecule has 1 spiro atoms. The highest BCUT2D eigenvalue weighted by Gasteiger charge is 2.42. The lowest BCUT2D eigenvalue weighted by Crippen LogP contribution is -2.51. The fourth-order valence-electron chi connectivity index (χ4n) is 5.14. The molecule has 3 heterocycles. The van der Waals surface area contributed by atoms with E-state index in [9.17, 15) is 9.59 Å².